The molecule has 2 saturated heterocycles. The number of amides is 1. The first kappa shape index (κ1) is 23.0. The predicted octanol–water partition coefficient (Wildman–Crippen LogP) is 5.32. The van der Waals surface area contributed by atoms with Gasteiger partial charge in [0.05, 0.1) is 0 Å². The summed E-state index contributed by atoms with van der Waals surface area (Å²) in [7, 11) is -1.38. The fourth-order valence-corrected chi connectivity index (χ4v) is 10.2. The Balaban J connectivity index is 1.31. The number of nitrogens with zero attached hydrogens (tertiary/aromatic N) is 1. The van der Waals surface area contributed by atoms with E-state index in [2.05, 4.69) is 55.7 Å². The maximum absolute atomic E-state index is 13.7. The fourth-order valence-electron chi connectivity index (χ4n) is 9.31. The lowest BCUT2D eigenvalue weighted by molar-refractivity contribution is -0.0447. The molecular formula is C31H40N2O2Si. The summed E-state index contributed by atoms with van der Waals surface area (Å²) in [6, 6.07) is 18.0. The van der Waals surface area contributed by atoms with Crippen molar-refractivity contribution < 1.29 is 9.22 Å². The van der Waals surface area contributed by atoms with E-state index in [1.165, 1.54) is 24.8 Å². The molecule has 0 aromatic heterocycles. The lowest BCUT2D eigenvalue weighted by Crippen LogP contribution is -2.69. The van der Waals surface area contributed by atoms with Crippen LogP contribution in [0.1, 0.15) is 67.9 Å². The molecule has 1 amide bonds. The molecule has 2 aliphatic heterocycles. The Labute approximate surface area is 217 Å². The van der Waals surface area contributed by atoms with Crippen LogP contribution in [0.4, 0.5) is 0 Å². The average molecular weight is 501 g/mol. The third-order valence-electron chi connectivity index (χ3n) is 11.1. The Hall–Kier alpha value is -2.11. The number of carbonyl (C=O) groups is 1. The van der Waals surface area contributed by atoms with E-state index < -0.39 is 9.04 Å². The fraction of sp³-hybridized carbons (Fsp3) is 0.581. The van der Waals surface area contributed by atoms with Crippen molar-refractivity contribution in [3.8, 4) is 5.75 Å². The van der Waals surface area contributed by atoms with E-state index in [1.54, 1.807) is 5.56 Å². The summed E-state index contributed by atoms with van der Waals surface area (Å²) in [5.74, 6) is 2.49. The summed E-state index contributed by atoms with van der Waals surface area (Å²) < 4.78 is 6.69. The van der Waals surface area contributed by atoms with Gasteiger partial charge in [-0.25, -0.2) is 0 Å². The maximum Gasteiger partial charge on any atom is 0.254 e. The normalized spacial score (nSPS) is 36.7. The van der Waals surface area contributed by atoms with Crippen molar-refractivity contribution in [2.45, 2.75) is 82.0 Å². The van der Waals surface area contributed by atoms with Gasteiger partial charge in [-0.1, -0.05) is 45.0 Å². The van der Waals surface area contributed by atoms with Crippen LogP contribution in [0.15, 0.2) is 48.5 Å². The van der Waals surface area contributed by atoms with Crippen molar-refractivity contribution in [2.75, 3.05) is 13.1 Å². The highest BCUT2D eigenvalue weighted by molar-refractivity contribution is 6.54. The lowest BCUT2D eigenvalue weighted by atomic mass is 9.44. The van der Waals surface area contributed by atoms with Crippen molar-refractivity contribution in [2.24, 2.45) is 17.3 Å². The van der Waals surface area contributed by atoms with Gasteiger partial charge in [-0.2, -0.15) is 0 Å². The van der Waals surface area contributed by atoms with E-state index >= 15 is 0 Å². The van der Waals surface area contributed by atoms with E-state index in [1.807, 2.05) is 30.3 Å². The molecule has 2 heterocycles. The molecular weight excluding hydrogens is 460 g/mol. The number of likely N-dealkylation sites (tertiary alicyclic amines) is 1. The topological polar surface area (TPSA) is 41.6 Å². The Morgan fingerprint density at radius 2 is 1.94 bits per heavy atom. The molecule has 1 N–H and O–H groups in total. The summed E-state index contributed by atoms with van der Waals surface area (Å²) in [5, 5.41) is 4.22. The van der Waals surface area contributed by atoms with Crippen LogP contribution in [0, 0.1) is 17.3 Å². The van der Waals surface area contributed by atoms with Crippen LogP contribution in [0.3, 0.4) is 0 Å². The Kier molecular flexibility index (Phi) is 4.93. The molecule has 36 heavy (non-hydrogen) atoms. The first-order valence-electron chi connectivity index (χ1n) is 14.1. The molecule has 5 heteroatoms. The van der Waals surface area contributed by atoms with Gasteiger partial charge in [0, 0.05) is 29.6 Å². The quantitative estimate of drug-likeness (QED) is 0.581. The minimum atomic E-state index is -1.38. The van der Waals surface area contributed by atoms with Crippen molar-refractivity contribution in [1.82, 2.24) is 10.2 Å². The molecule has 2 aromatic rings. The zero-order valence-corrected chi connectivity index (χ0v) is 23.4. The summed E-state index contributed by atoms with van der Waals surface area (Å²) >= 11 is 0. The highest BCUT2D eigenvalue weighted by Gasteiger charge is 2.75. The first-order chi connectivity index (χ1) is 17.2. The van der Waals surface area contributed by atoms with Gasteiger partial charge in [-0.05, 0) is 103 Å². The standard InChI is InChI=1S/C31H40N2O2Si/c1-29(2,3)36(4)35-23-11-10-21-16-26-30-13-12-25-27(31(30,14-15-32-26)24(21)17-23)22(18-30)19-33(25)28(34)20-8-6-5-7-9-20/h5-11,17,22,25-27,32,36H,12-16,18-19H2,1-4H3/t22-,25?,26?,27?,30?,31?,36?/m1/s1. The predicted molar refractivity (Wildman–Crippen MR) is 146 cm³/mol. The van der Waals surface area contributed by atoms with Crippen molar-refractivity contribution in [3.63, 3.8) is 0 Å². The molecule has 6 unspecified atom stereocenters. The van der Waals surface area contributed by atoms with Crippen LogP contribution in [0.5, 0.6) is 5.75 Å². The third-order valence-corrected chi connectivity index (χ3v) is 14.2. The molecule has 0 radical (unpaired) electrons. The Morgan fingerprint density at radius 3 is 2.72 bits per heavy atom. The molecule has 4 nitrogen and oxygen atoms in total. The molecule has 2 aromatic carbocycles. The van der Waals surface area contributed by atoms with Gasteiger partial charge < -0.3 is 14.6 Å². The molecule has 3 aliphatic carbocycles. The summed E-state index contributed by atoms with van der Waals surface area (Å²) in [4.78, 5) is 16.0. The zero-order chi connectivity index (χ0) is 24.9. The highest BCUT2D eigenvalue weighted by atomic mass is 28.3. The largest absolute Gasteiger partial charge is 0.546 e. The van der Waals surface area contributed by atoms with Crippen LogP contribution in [-0.4, -0.2) is 45.0 Å². The zero-order valence-electron chi connectivity index (χ0n) is 22.2. The van der Waals surface area contributed by atoms with E-state index in [0.717, 1.165) is 37.2 Å². The van der Waals surface area contributed by atoms with E-state index in [-0.39, 0.29) is 16.4 Å². The monoisotopic (exact) mass is 500 g/mol. The van der Waals surface area contributed by atoms with Gasteiger partial charge in [-0.3, -0.25) is 4.79 Å². The number of carbonyl (C=O) groups excluding carboxylic acids is 1. The molecule has 4 bridgehead atoms. The van der Waals surface area contributed by atoms with E-state index in [4.69, 9.17) is 4.43 Å². The maximum atomic E-state index is 13.7. The average Bonchev–Trinajstić information content (AvgIpc) is 3.30. The lowest BCUT2D eigenvalue weighted by Gasteiger charge is -2.64. The number of nitrogens with one attached hydrogen (secondary N) is 1. The second-order valence-electron chi connectivity index (χ2n) is 13.5. The van der Waals surface area contributed by atoms with Gasteiger partial charge in [0.15, 0.2) is 0 Å². The van der Waals surface area contributed by atoms with Crippen molar-refractivity contribution in [3.05, 3.63) is 65.2 Å². The second-order valence-corrected chi connectivity index (χ2v) is 16.7. The van der Waals surface area contributed by atoms with Gasteiger partial charge in [-0.15, -0.1) is 0 Å². The number of hydrogen-bond acceptors (Lipinski definition) is 3. The second kappa shape index (κ2) is 7.70. The number of hydrogen-bond donors (Lipinski definition) is 1. The third kappa shape index (κ3) is 2.93. The first-order valence-corrected chi connectivity index (χ1v) is 16.3. The number of fused-ring (bicyclic) bond motifs is 1. The Morgan fingerprint density at radius 1 is 1.14 bits per heavy atom. The van der Waals surface area contributed by atoms with Crippen LogP contribution >= 0.6 is 0 Å². The van der Waals surface area contributed by atoms with E-state index in [0.29, 0.717) is 29.3 Å². The van der Waals surface area contributed by atoms with Crippen LogP contribution < -0.4 is 9.74 Å². The van der Waals surface area contributed by atoms with Crippen LogP contribution in [-0.2, 0) is 11.8 Å². The van der Waals surface area contributed by atoms with Gasteiger partial charge in [0.2, 0.25) is 9.04 Å². The van der Waals surface area contributed by atoms with Gasteiger partial charge in [0.25, 0.3) is 5.91 Å². The molecule has 190 valence electrons. The van der Waals surface area contributed by atoms with Gasteiger partial charge >= 0.3 is 0 Å². The number of benzene rings is 2. The smallest absolute Gasteiger partial charge is 0.254 e. The van der Waals surface area contributed by atoms with Crippen LogP contribution in [0.25, 0.3) is 0 Å². The van der Waals surface area contributed by atoms with Crippen LogP contribution in [0.2, 0.25) is 11.6 Å². The number of rotatable bonds is 3. The minimum Gasteiger partial charge on any atom is -0.546 e. The summed E-state index contributed by atoms with van der Waals surface area (Å²) in [6.45, 7) is 11.3. The minimum absolute atomic E-state index is 0.168. The SMILES string of the molecule is C[SiH](Oc1ccc2c(c1)C13CCNC(C2)C12CCC1C3[C@@H](CN1C(=O)c1ccccc1)C2)C(C)(C)C. The summed E-state index contributed by atoms with van der Waals surface area (Å²) in [5.41, 5.74) is 4.45. The number of piperidine rings is 1. The Bertz CT molecular complexity index is 1210. The molecule has 5 aliphatic rings. The van der Waals surface area contributed by atoms with Gasteiger partial charge in [0.1, 0.15) is 5.75 Å². The molecule has 4 fully saturated rings. The highest BCUT2D eigenvalue weighted by Crippen LogP contribution is 2.74. The van der Waals surface area contributed by atoms with Crippen molar-refractivity contribution in [1.29, 1.82) is 0 Å². The summed E-state index contributed by atoms with van der Waals surface area (Å²) in [6.07, 6.45) is 5.98. The van der Waals surface area contributed by atoms with E-state index in [9.17, 15) is 4.79 Å². The molecule has 7 atom stereocenters. The molecule has 7 rings (SSSR count). The van der Waals surface area contributed by atoms with Crippen molar-refractivity contribution >= 4 is 14.9 Å². The molecule has 0 spiro atoms. The molecule has 2 saturated carbocycles.